The third kappa shape index (κ3) is 3.57. The Morgan fingerprint density at radius 3 is 2.84 bits per heavy atom. The first-order valence-corrected chi connectivity index (χ1v) is 10.4. The Bertz CT molecular complexity index is 1150. The Balaban J connectivity index is 1.47. The molecule has 0 aliphatic carbocycles. The summed E-state index contributed by atoms with van der Waals surface area (Å²) in [5, 5.41) is 11.1. The summed E-state index contributed by atoms with van der Waals surface area (Å²) in [6.45, 7) is 0.0717. The van der Waals surface area contributed by atoms with Crippen molar-refractivity contribution in [2.24, 2.45) is 0 Å². The molecule has 1 amide bonds. The summed E-state index contributed by atoms with van der Waals surface area (Å²) >= 11 is 7.67. The molecular weight excluding hydrogens is 457 g/mol. The molecule has 0 bridgehead atoms. The molecule has 2 aliphatic heterocycles. The first kappa shape index (κ1) is 20.0. The van der Waals surface area contributed by atoms with Crippen molar-refractivity contribution in [2.45, 2.75) is 24.7 Å². The minimum Gasteiger partial charge on any atom is -0.454 e. The highest BCUT2D eigenvalue weighted by Gasteiger charge is 2.48. The van der Waals surface area contributed by atoms with Gasteiger partial charge in [-0.2, -0.15) is 18.3 Å². The summed E-state index contributed by atoms with van der Waals surface area (Å²) in [5.74, 6) is 0.210. The number of rotatable bonds is 3. The summed E-state index contributed by atoms with van der Waals surface area (Å²) in [4.78, 5) is 13.5. The number of carbonyl (C=O) groups excluding carboxylic acids is 1. The molecule has 0 radical (unpaired) electrons. The van der Waals surface area contributed by atoms with Crippen molar-refractivity contribution in [3.8, 4) is 11.5 Å². The summed E-state index contributed by atoms with van der Waals surface area (Å²) in [5.41, 5.74) is 0.0657. The minimum atomic E-state index is -4.56. The number of nitrogens with one attached hydrogen (secondary N) is 2. The van der Waals surface area contributed by atoms with Crippen LogP contribution in [0.25, 0.3) is 0 Å². The van der Waals surface area contributed by atoms with Crippen LogP contribution in [0, 0.1) is 0 Å². The van der Waals surface area contributed by atoms with Crippen LogP contribution in [0.2, 0.25) is 5.02 Å². The lowest BCUT2D eigenvalue weighted by molar-refractivity contribution is -0.173. The molecule has 0 saturated carbocycles. The number of ether oxygens (including phenoxy) is 2. The standard InChI is InChI=1S/C19H14ClF3N4O3S/c20-15-16(18(28)24-9-3-4-11-12(6-9)30-8-29-11)26-27-14(19(21,22)23)7-10(25-17(15)27)13-2-1-5-31-13/h1-6,10,14,25H,7-8H2,(H,24,28)/t10-,14-/m0/s1. The van der Waals surface area contributed by atoms with Gasteiger partial charge in [0.05, 0.1) is 6.04 Å². The number of carbonyl (C=O) groups is 1. The van der Waals surface area contributed by atoms with E-state index in [0.717, 1.165) is 9.56 Å². The van der Waals surface area contributed by atoms with E-state index >= 15 is 0 Å². The number of hydrogen-bond donors (Lipinski definition) is 2. The fourth-order valence-electron chi connectivity index (χ4n) is 3.58. The smallest absolute Gasteiger partial charge is 0.410 e. The van der Waals surface area contributed by atoms with Crippen LogP contribution in [0.4, 0.5) is 24.7 Å². The normalized spacial score (nSPS) is 19.6. The van der Waals surface area contributed by atoms with E-state index in [4.69, 9.17) is 21.1 Å². The number of anilines is 2. The predicted octanol–water partition coefficient (Wildman–Crippen LogP) is 5.24. The summed E-state index contributed by atoms with van der Waals surface area (Å²) in [7, 11) is 0. The number of alkyl halides is 3. The average Bonchev–Trinajstić information content (AvgIpc) is 3.46. The number of nitrogens with zero attached hydrogens (tertiary/aromatic N) is 2. The zero-order valence-corrected chi connectivity index (χ0v) is 17.1. The van der Waals surface area contributed by atoms with Gasteiger partial charge in [0.15, 0.2) is 23.2 Å². The van der Waals surface area contributed by atoms with Crippen LogP contribution in [0.1, 0.15) is 33.9 Å². The van der Waals surface area contributed by atoms with E-state index in [2.05, 4.69) is 15.7 Å². The van der Waals surface area contributed by atoms with Gasteiger partial charge in [0.25, 0.3) is 5.91 Å². The van der Waals surface area contributed by atoms with Gasteiger partial charge in [0.1, 0.15) is 10.8 Å². The molecule has 3 aromatic rings. The molecule has 12 heteroatoms. The van der Waals surface area contributed by atoms with Crippen LogP contribution in [0.5, 0.6) is 11.5 Å². The van der Waals surface area contributed by atoms with E-state index < -0.39 is 24.2 Å². The van der Waals surface area contributed by atoms with Crippen LogP contribution in [-0.2, 0) is 0 Å². The van der Waals surface area contributed by atoms with Gasteiger partial charge in [-0.1, -0.05) is 17.7 Å². The monoisotopic (exact) mass is 470 g/mol. The number of halogens is 4. The summed E-state index contributed by atoms with van der Waals surface area (Å²) < 4.78 is 52.6. The molecule has 1 aromatic carbocycles. The topological polar surface area (TPSA) is 77.4 Å². The SMILES string of the molecule is O=C(Nc1ccc2c(c1)OCO2)c1nn2c(c1Cl)N[C@H](c1cccs1)C[C@H]2C(F)(F)F. The number of hydrogen-bond acceptors (Lipinski definition) is 6. The Morgan fingerprint density at radius 1 is 1.29 bits per heavy atom. The van der Waals surface area contributed by atoms with Crippen LogP contribution in [0.15, 0.2) is 35.7 Å². The highest BCUT2D eigenvalue weighted by atomic mass is 35.5. The lowest BCUT2D eigenvalue weighted by Crippen LogP contribution is -2.35. The van der Waals surface area contributed by atoms with E-state index in [9.17, 15) is 18.0 Å². The Morgan fingerprint density at radius 2 is 2.10 bits per heavy atom. The number of fused-ring (bicyclic) bond motifs is 2. The molecule has 2 N–H and O–H groups in total. The van der Waals surface area contributed by atoms with Crippen LogP contribution in [0.3, 0.4) is 0 Å². The minimum absolute atomic E-state index is 0.0375. The maximum atomic E-state index is 13.8. The van der Waals surface area contributed by atoms with E-state index in [1.165, 1.54) is 11.3 Å². The van der Waals surface area contributed by atoms with Gasteiger partial charge in [-0.25, -0.2) is 4.68 Å². The third-order valence-corrected chi connectivity index (χ3v) is 6.37. The first-order valence-electron chi connectivity index (χ1n) is 9.17. The van der Waals surface area contributed by atoms with Crippen molar-refractivity contribution in [2.75, 3.05) is 17.4 Å². The molecular formula is C19H14ClF3N4O3S. The molecule has 31 heavy (non-hydrogen) atoms. The van der Waals surface area contributed by atoms with Crippen LogP contribution < -0.4 is 20.1 Å². The van der Waals surface area contributed by atoms with E-state index in [-0.39, 0.29) is 29.7 Å². The lowest BCUT2D eigenvalue weighted by Gasteiger charge is -2.32. The molecule has 0 spiro atoms. The molecule has 4 heterocycles. The Kier molecular flexibility index (Phi) is 4.74. The molecule has 2 aromatic heterocycles. The largest absolute Gasteiger partial charge is 0.454 e. The van der Waals surface area contributed by atoms with Crippen LogP contribution in [-0.4, -0.2) is 28.7 Å². The van der Waals surface area contributed by atoms with Gasteiger partial charge < -0.3 is 20.1 Å². The number of amides is 1. The van der Waals surface area contributed by atoms with Gasteiger partial charge in [-0.05, 0) is 23.6 Å². The van der Waals surface area contributed by atoms with Crippen molar-refractivity contribution < 1.29 is 27.4 Å². The highest BCUT2D eigenvalue weighted by Crippen LogP contribution is 2.47. The number of aromatic nitrogens is 2. The average molecular weight is 471 g/mol. The molecule has 2 atom stereocenters. The zero-order valence-electron chi connectivity index (χ0n) is 15.6. The molecule has 0 fully saturated rings. The Labute approximate surface area is 182 Å². The van der Waals surface area contributed by atoms with Gasteiger partial charge >= 0.3 is 6.18 Å². The van der Waals surface area contributed by atoms with Gasteiger partial charge in [0, 0.05) is 23.1 Å². The third-order valence-electron chi connectivity index (χ3n) is 5.03. The molecule has 5 rings (SSSR count). The number of benzene rings is 1. The van der Waals surface area contributed by atoms with Crippen molar-refractivity contribution in [1.82, 2.24) is 9.78 Å². The molecule has 0 unspecified atom stereocenters. The zero-order chi connectivity index (χ0) is 21.8. The Hall–Kier alpha value is -2.92. The maximum Gasteiger partial charge on any atom is 0.410 e. The fraction of sp³-hybridized carbons (Fsp3) is 0.263. The fourth-order valence-corrected chi connectivity index (χ4v) is 4.63. The molecule has 162 valence electrons. The summed E-state index contributed by atoms with van der Waals surface area (Å²) in [6.07, 6.45) is -4.83. The quantitative estimate of drug-likeness (QED) is 0.547. The summed E-state index contributed by atoms with van der Waals surface area (Å²) in [6, 6.07) is 5.75. The highest BCUT2D eigenvalue weighted by molar-refractivity contribution is 7.10. The second-order valence-electron chi connectivity index (χ2n) is 6.98. The maximum absolute atomic E-state index is 13.8. The first-order chi connectivity index (χ1) is 14.8. The van der Waals surface area contributed by atoms with Gasteiger partial charge in [0.2, 0.25) is 6.79 Å². The van der Waals surface area contributed by atoms with Crippen molar-refractivity contribution in [1.29, 1.82) is 0 Å². The van der Waals surface area contributed by atoms with E-state index in [1.807, 2.05) is 0 Å². The predicted molar refractivity (Wildman–Crippen MR) is 108 cm³/mol. The second-order valence-corrected chi connectivity index (χ2v) is 8.34. The van der Waals surface area contributed by atoms with Crippen molar-refractivity contribution >= 4 is 40.4 Å². The van der Waals surface area contributed by atoms with E-state index in [0.29, 0.717) is 17.2 Å². The molecule has 2 aliphatic rings. The second kappa shape index (κ2) is 7.34. The van der Waals surface area contributed by atoms with E-state index in [1.54, 1.807) is 35.7 Å². The van der Waals surface area contributed by atoms with Gasteiger partial charge in [-0.3, -0.25) is 4.79 Å². The van der Waals surface area contributed by atoms with Crippen molar-refractivity contribution in [3.63, 3.8) is 0 Å². The lowest BCUT2D eigenvalue weighted by atomic mass is 10.0. The van der Waals surface area contributed by atoms with Gasteiger partial charge in [-0.15, -0.1) is 11.3 Å². The van der Waals surface area contributed by atoms with Crippen LogP contribution >= 0.6 is 22.9 Å². The van der Waals surface area contributed by atoms with Crippen molar-refractivity contribution in [3.05, 3.63) is 51.3 Å². The molecule has 0 saturated heterocycles. The number of thiophene rings is 1. The molecule has 7 nitrogen and oxygen atoms in total.